The van der Waals surface area contributed by atoms with Crippen molar-refractivity contribution in [2.24, 2.45) is 5.41 Å². The molecule has 0 saturated carbocycles. The summed E-state index contributed by atoms with van der Waals surface area (Å²) < 4.78 is 0. The van der Waals surface area contributed by atoms with Crippen molar-refractivity contribution in [1.82, 2.24) is 0 Å². The van der Waals surface area contributed by atoms with Gasteiger partial charge in [0.15, 0.2) is 5.78 Å². The third-order valence-electron chi connectivity index (χ3n) is 6.40. The predicted octanol–water partition coefficient (Wildman–Crippen LogP) is 6.13. The second-order valence-electron chi connectivity index (χ2n) is 9.24. The third-order valence-corrected chi connectivity index (χ3v) is 6.40. The summed E-state index contributed by atoms with van der Waals surface area (Å²) in [4.78, 5) is 15.7. The average Bonchev–Trinajstić information content (AvgIpc) is 3.21. The number of Topliss-reactive ketones (excluding diaryl/α,β-unsaturated/α-hetero) is 1. The van der Waals surface area contributed by atoms with Crippen LogP contribution in [0.25, 0.3) is 0 Å². The minimum atomic E-state index is -0.0151. The number of nitrogens with one attached hydrogen (secondary N) is 1. The molecule has 0 aromatic heterocycles. The zero-order chi connectivity index (χ0) is 20.6. The Bertz CT molecular complexity index is 926. The van der Waals surface area contributed by atoms with Crippen molar-refractivity contribution in [3.63, 3.8) is 0 Å². The van der Waals surface area contributed by atoms with Crippen LogP contribution < -0.4 is 10.2 Å². The van der Waals surface area contributed by atoms with E-state index >= 15 is 0 Å². The van der Waals surface area contributed by atoms with Crippen molar-refractivity contribution in [1.29, 1.82) is 0 Å². The van der Waals surface area contributed by atoms with Gasteiger partial charge in [-0.2, -0.15) is 0 Å². The Balaban J connectivity index is 1.84. The molecule has 0 spiro atoms. The summed E-state index contributed by atoms with van der Waals surface area (Å²) in [6.45, 7) is 12.5. The highest BCUT2D eigenvalue weighted by Gasteiger charge is 2.40. The van der Waals surface area contributed by atoms with E-state index in [1.165, 1.54) is 24.1 Å². The van der Waals surface area contributed by atoms with Gasteiger partial charge in [-0.1, -0.05) is 50.8 Å². The Labute approximate surface area is 174 Å². The molecule has 0 amide bonds. The molecule has 3 aliphatic rings. The zero-order valence-electron chi connectivity index (χ0n) is 17.9. The van der Waals surface area contributed by atoms with Crippen molar-refractivity contribution in [2.75, 3.05) is 23.3 Å². The molecule has 1 N–H and O–H groups in total. The number of hydrogen-bond donors (Lipinski definition) is 1. The molecule has 1 unspecified atom stereocenters. The second kappa shape index (κ2) is 7.70. The monoisotopic (exact) mass is 388 g/mol. The SMILES string of the molecule is C=C/C=C\C(=C/C)C1C2=C(CC(C)(C)CC2=O)Nc2cc(N3CCCC3)ccc21. The smallest absolute Gasteiger partial charge is 0.162 e. The fraction of sp³-hybridized carbons (Fsp3) is 0.423. The van der Waals surface area contributed by atoms with Crippen molar-refractivity contribution in [3.8, 4) is 0 Å². The highest BCUT2D eigenvalue weighted by Crippen LogP contribution is 2.50. The Morgan fingerprint density at radius 2 is 2.00 bits per heavy atom. The van der Waals surface area contributed by atoms with Crippen LogP contribution in [0.3, 0.4) is 0 Å². The number of nitrogens with zero attached hydrogens (tertiary/aromatic N) is 1. The molecule has 2 aliphatic heterocycles. The number of ketones is 1. The molecule has 3 nitrogen and oxygen atoms in total. The number of hydrogen-bond acceptors (Lipinski definition) is 3. The Morgan fingerprint density at radius 3 is 2.69 bits per heavy atom. The van der Waals surface area contributed by atoms with E-state index in [1.54, 1.807) is 6.08 Å². The Hall–Kier alpha value is -2.55. The van der Waals surface area contributed by atoms with Crippen molar-refractivity contribution in [3.05, 3.63) is 71.5 Å². The maximum absolute atomic E-state index is 13.3. The van der Waals surface area contributed by atoms with Gasteiger partial charge < -0.3 is 10.2 Å². The van der Waals surface area contributed by atoms with Gasteiger partial charge in [0.2, 0.25) is 0 Å². The van der Waals surface area contributed by atoms with Crippen molar-refractivity contribution < 1.29 is 4.79 Å². The highest BCUT2D eigenvalue weighted by atomic mass is 16.1. The lowest BCUT2D eigenvalue weighted by Gasteiger charge is -2.40. The lowest BCUT2D eigenvalue weighted by Crippen LogP contribution is -2.34. The van der Waals surface area contributed by atoms with Gasteiger partial charge in [0.25, 0.3) is 0 Å². The first-order valence-corrected chi connectivity index (χ1v) is 10.8. The summed E-state index contributed by atoms with van der Waals surface area (Å²) in [5.41, 5.74) is 6.83. The molecule has 2 heterocycles. The van der Waals surface area contributed by atoms with Crippen LogP contribution in [0.4, 0.5) is 11.4 Å². The third kappa shape index (κ3) is 3.71. The summed E-state index contributed by atoms with van der Waals surface area (Å²) in [6, 6.07) is 6.74. The molecule has 0 bridgehead atoms. The van der Waals surface area contributed by atoms with Gasteiger partial charge in [0.1, 0.15) is 0 Å². The van der Waals surface area contributed by atoms with Gasteiger partial charge >= 0.3 is 0 Å². The Kier molecular flexibility index (Phi) is 5.24. The maximum Gasteiger partial charge on any atom is 0.162 e. The molecule has 1 aromatic rings. The number of carbonyl (C=O) groups excluding carboxylic acids is 1. The maximum atomic E-state index is 13.3. The molecule has 1 aliphatic carbocycles. The predicted molar refractivity (Wildman–Crippen MR) is 122 cm³/mol. The molecule has 1 aromatic carbocycles. The van der Waals surface area contributed by atoms with Crippen LogP contribution in [0.15, 0.2) is 65.9 Å². The minimum Gasteiger partial charge on any atom is -0.371 e. The number of fused-ring (bicyclic) bond motifs is 1. The zero-order valence-corrected chi connectivity index (χ0v) is 17.9. The summed E-state index contributed by atoms with van der Waals surface area (Å²) in [7, 11) is 0. The first kappa shape index (κ1) is 19.8. The van der Waals surface area contributed by atoms with E-state index in [9.17, 15) is 4.79 Å². The minimum absolute atomic E-state index is 0.00934. The van der Waals surface area contributed by atoms with Crippen molar-refractivity contribution in [2.45, 2.75) is 52.4 Å². The van der Waals surface area contributed by atoms with Crippen LogP contribution in [0.2, 0.25) is 0 Å². The van der Waals surface area contributed by atoms with Crippen LogP contribution in [-0.4, -0.2) is 18.9 Å². The fourth-order valence-electron chi connectivity index (χ4n) is 5.06. The molecule has 29 heavy (non-hydrogen) atoms. The quantitative estimate of drug-likeness (QED) is 0.630. The molecule has 152 valence electrons. The molecule has 0 radical (unpaired) electrons. The van der Waals surface area contributed by atoms with E-state index in [0.29, 0.717) is 6.42 Å². The topological polar surface area (TPSA) is 32.3 Å². The summed E-state index contributed by atoms with van der Waals surface area (Å²) in [6.07, 6.45) is 12.0. The van der Waals surface area contributed by atoms with Crippen LogP contribution in [-0.2, 0) is 4.79 Å². The lowest BCUT2D eigenvalue weighted by atomic mass is 9.68. The van der Waals surface area contributed by atoms with Gasteiger partial charge in [-0.05, 0) is 54.9 Å². The van der Waals surface area contributed by atoms with Gasteiger partial charge in [-0.25, -0.2) is 0 Å². The lowest BCUT2D eigenvalue weighted by molar-refractivity contribution is -0.118. The van der Waals surface area contributed by atoms with Crippen LogP contribution >= 0.6 is 0 Å². The summed E-state index contributed by atoms with van der Waals surface area (Å²) in [5, 5.41) is 3.67. The van der Waals surface area contributed by atoms with Gasteiger partial charge in [0, 0.05) is 48.1 Å². The van der Waals surface area contributed by atoms with E-state index in [1.807, 2.05) is 6.08 Å². The van der Waals surface area contributed by atoms with Gasteiger partial charge in [0.05, 0.1) is 0 Å². The molecule has 1 atom stereocenters. The highest BCUT2D eigenvalue weighted by molar-refractivity contribution is 6.02. The van der Waals surface area contributed by atoms with E-state index in [2.05, 4.69) is 67.9 Å². The van der Waals surface area contributed by atoms with E-state index in [0.717, 1.165) is 42.0 Å². The standard InChI is InChI=1S/C26H32N2O/c1-5-7-10-18(6-2)24-20-12-11-19(28-13-8-9-14-28)15-21(20)27-22-16-26(3,4)17-23(29)25(22)24/h5-7,10-12,15,24,27H,1,8-9,13-14,16-17H2,2-4H3/b10-7-,18-6+. The van der Waals surface area contributed by atoms with E-state index < -0.39 is 0 Å². The molecular weight excluding hydrogens is 356 g/mol. The number of allylic oxidation sites excluding steroid dienone is 7. The van der Waals surface area contributed by atoms with Gasteiger partial charge in [-0.15, -0.1) is 0 Å². The molecule has 1 saturated heterocycles. The summed E-state index contributed by atoms with van der Waals surface area (Å²) >= 11 is 0. The molecular formula is C26H32N2O. The second-order valence-corrected chi connectivity index (χ2v) is 9.24. The Morgan fingerprint density at radius 1 is 1.24 bits per heavy atom. The number of anilines is 2. The van der Waals surface area contributed by atoms with E-state index in [-0.39, 0.29) is 17.1 Å². The first-order chi connectivity index (χ1) is 13.9. The van der Waals surface area contributed by atoms with Gasteiger partial charge in [-0.3, -0.25) is 4.79 Å². The molecule has 4 rings (SSSR count). The van der Waals surface area contributed by atoms with Crippen LogP contribution in [0.5, 0.6) is 0 Å². The average molecular weight is 389 g/mol. The van der Waals surface area contributed by atoms with Crippen LogP contribution in [0, 0.1) is 5.41 Å². The first-order valence-electron chi connectivity index (χ1n) is 10.8. The number of benzene rings is 1. The number of carbonyl (C=O) groups is 1. The number of rotatable bonds is 4. The molecule has 3 heteroatoms. The fourth-order valence-corrected chi connectivity index (χ4v) is 5.06. The summed E-state index contributed by atoms with van der Waals surface area (Å²) in [5.74, 6) is 0.257. The normalized spacial score (nSPS) is 23.8. The largest absolute Gasteiger partial charge is 0.371 e. The van der Waals surface area contributed by atoms with E-state index in [4.69, 9.17) is 0 Å². The van der Waals surface area contributed by atoms with Crippen molar-refractivity contribution >= 4 is 17.2 Å². The molecule has 1 fully saturated rings. The van der Waals surface area contributed by atoms with Crippen LogP contribution in [0.1, 0.15) is 57.9 Å².